The Morgan fingerprint density at radius 1 is 1.38 bits per heavy atom. The van der Waals surface area contributed by atoms with Gasteiger partial charge in [0.15, 0.2) is 0 Å². The van der Waals surface area contributed by atoms with Crippen molar-refractivity contribution in [1.29, 1.82) is 0 Å². The van der Waals surface area contributed by atoms with Crippen LogP contribution in [0.1, 0.15) is 31.5 Å². The first-order chi connectivity index (χ1) is 10.1. The molecule has 3 rings (SSSR count). The molecule has 1 unspecified atom stereocenters. The van der Waals surface area contributed by atoms with E-state index in [1.165, 1.54) is 22.3 Å². The number of nitrogens with zero attached hydrogens (tertiary/aromatic N) is 1. The normalized spacial score (nSPS) is 17.7. The zero-order valence-electron chi connectivity index (χ0n) is 12.6. The molecule has 0 saturated carbocycles. The van der Waals surface area contributed by atoms with E-state index < -0.39 is 5.97 Å². The number of aliphatic carboxylic acids is 1. The van der Waals surface area contributed by atoms with Gasteiger partial charge in [-0.15, -0.1) is 0 Å². The highest BCUT2D eigenvalue weighted by molar-refractivity contribution is 5.89. The summed E-state index contributed by atoms with van der Waals surface area (Å²) in [6.45, 7) is 6.26. The number of aromatic amines is 1. The lowest BCUT2D eigenvalue weighted by Crippen LogP contribution is -2.22. The van der Waals surface area contributed by atoms with Gasteiger partial charge in [-0.05, 0) is 56.9 Å². The maximum atomic E-state index is 11.3. The fourth-order valence-corrected chi connectivity index (χ4v) is 3.40. The van der Waals surface area contributed by atoms with Crippen molar-refractivity contribution in [1.82, 2.24) is 4.98 Å². The zero-order valence-corrected chi connectivity index (χ0v) is 12.6. The van der Waals surface area contributed by atoms with Crippen LogP contribution in [0.2, 0.25) is 0 Å². The Morgan fingerprint density at radius 2 is 2.14 bits per heavy atom. The molecule has 0 aliphatic heterocycles. The second kappa shape index (κ2) is 5.43. The number of aromatic nitrogens is 1. The highest BCUT2D eigenvalue weighted by Gasteiger charge is 2.27. The number of H-pyrrole nitrogens is 1. The van der Waals surface area contributed by atoms with Gasteiger partial charge in [0.1, 0.15) is 0 Å². The first-order valence-corrected chi connectivity index (χ1v) is 7.75. The lowest BCUT2D eigenvalue weighted by molar-refractivity contribution is -0.142. The molecule has 1 aliphatic rings. The summed E-state index contributed by atoms with van der Waals surface area (Å²) in [5.74, 6) is -0.913. The molecule has 0 bridgehead atoms. The van der Waals surface area contributed by atoms with Gasteiger partial charge in [0.25, 0.3) is 0 Å². The summed E-state index contributed by atoms with van der Waals surface area (Å²) in [4.78, 5) is 17.1. The minimum atomic E-state index is -0.671. The highest BCUT2D eigenvalue weighted by Crippen LogP contribution is 2.33. The van der Waals surface area contributed by atoms with Crippen molar-refractivity contribution in [3.63, 3.8) is 0 Å². The van der Waals surface area contributed by atoms with Crippen LogP contribution in [0.15, 0.2) is 18.2 Å². The average Bonchev–Trinajstić information content (AvgIpc) is 2.85. The molecule has 0 saturated heterocycles. The van der Waals surface area contributed by atoms with Gasteiger partial charge in [-0.3, -0.25) is 4.79 Å². The van der Waals surface area contributed by atoms with Crippen LogP contribution in [0.3, 0.4) is 0 Å². The summed E-state index contributed by atoms with van der Waals surface area (Å²) in [7, 11) is 0. The molecule has 0 radical (unpaired) electrons. The van der Waals surface area contributed by atoms with E-state index in [9.17, 15) is 9.90 Å². The molecule has 1 heterocycles. The number of hydrogen-bond acceptors (Lipinski definition) is 2. The molecule has 2 aromatic rings. The third-order valence-corrected chi connectivity index (χ3v) is 4.65. The molecule has 112 valence electrons. The van der Waals surface area contributed by atoms with Gasteiger partial charge in [-0.25, -0.2) is 0 Å². The Balaban J connectivity index is 2.05. The monoisotopic (exact) mass is 286 g/mol. The lowest BCUT2D eigenvalue weighted by atomic mass is 9.86. The standard InChI is InChI=1S/C17H22N2O2/c1-3-19(4-2)12-6-8-16-14(10-12)13-9-11(17(20)21)5-7-15(13)18-16/h6,8,10-11,18H,3-5,7,9H2,1-2H3,(H,20,21). The van der Waals surface area contributed by atoms with Gasteiger partial charge >= 0.3 is 5.97 Å². The number of carbonyl (C=O) groups is 1. The molecule has 1 aromatic carbocycles. The Hall–Kier alpha value is -1.97. The molecule has 21 heavy (non-hydrogen) atoms. The third-order valence-electron chi connectivity index (χ3n) is 4.65. The number of fused-ring (bicyclic) bond motifs is 3. The summed E-state index contributed by atoms with van der Waals surface area (Å²) in [5, 5.41) is 10.5. The van der Waals surface area contributed by atoms with E-state index in [0.29, 0.717) is 6.42 Å². The Morgan fingerprint density at radius 3 is 2.81 bits per heavy atom. The van der Waals surface area contributed by atoms with E-state index in [0.717, 1.165) is 31.4 Å². The predicted molar refractivity (Wildman–Crippen MR) is 85.0 cm³/mol. The van der Waals surface area contributed by atoms with Crippen LogP contribution in [0, 0.1) is 5.92 Å². The molecular formula is C17H22N2O2. The number of anilines is 1. The smallest absolute Gasteiger partial charge is 0.306 e. The zero-order chi connectivity index (χ0) is 15.0. The van der Waals surface area contributed by atoms with E-state index in [4.69, 9.17) is 0 Å². The molecule has 1 aliphatic carbocycles. The number of nitrogens with one attached hydrogen (secondary N) is 1. The largest absolute Gasteiger partial charge is 0.481 e. The van der Waals surface area contributed by atoms with Crippen LogP contribution in [0.5, 0.6) is 0 Å². The summed E-state index contributed by atoms with van der Waals surface area (Å²) in [6.07, 6.45) is 2.21. The van der Waals surface area contributed by atoms with Crippen LogP contribution in [0.4, 0.5) is 5.69 Å². The van der Waals surface area contributed by atoms with E-state index in [-0.39, 0.29) is 5.92 Å². The quantitative estimate of drug-likeness (QED) is 0.907. The van der Waals surface area contributed by atoms with Crippen molar-refractivity contribution in [3.05, 3.63) is 29.5 Å². The fourth-order valence-electron chi connectivity index (χ4n) is 3.40. The van der Waals surface area contributed by atoms with Gasteiger partial charge in [0, 0.05) is 35.4 Å². The number of hydrogen-bond donors (Lipinski definition) is 2. The molecular weight excluding hydrogens is 264 g/mol. The maximum Gasteiger partial charge on any atom is 0.306 e. The molecule has 0 amide bonds. The van der Waals surface area contributed by atoms with Crippen molar-refractivity contribution >= 4 is 22.6 Å². The first-order valence-electron chi connectivity index (χ1n) is 7.75. The molecule has 0 fully saturated rings. The minimum Gasteiger partial charge on any atom is -0.481 e. The van der Waals surface area contributed by atoms with Gasteiger partial charge < -0.3 is 15.0 Å². The summed E-state index contributed by atoms with van der Waals surface area (Å²) < 4.78 is 0. The van der Waals surface area contributed by atoms with Gasteiger partial charge in [-0.1, -0.05) is 0 Å². The van der Waals surface area contributed by atoms with Crippen LogP contribution in [-0.2, 0) is 17.6 Å². The van der Waals surface area contributed by atoms with Crippen molar-refractivity contribution < 1.29 is 9.90 Å². The Kier molecular flexibility index (Phi) is 3.62. The summed E-state index contributed by atoms with van der Waals surface area (Å²) >= 11 is 0. The maximum absolute atomic E-state index is 11.3. The van der Waals surface area contributed by atoms with E-state index in [1.807, 2.05) is 0 Å². The van der Waals surface area contributed by atoms with Crippen LogP contribution < -0.4 is 4.90 Å². The molecule has 4 heteroatoms. The van der Waals surface area contributed by atoms with Crippen molar-refractivity contribution in [2.75, 3.05) is 18.0 Å². The lowest BCUT2D eigenvalue weighted by Gasteiger charge is -2.21. The average molecular weight is 286 g/mol. The van der Waals surface area contributed by atoms with E-state index in [1.54, 1.807) is 0 Å². The SMILES string of the molecule is CCN(CC)c1ccc2[nH]c3c(c2c1)CC(C(=O)O)CC3. The van der Waals surface area contributed by atoms with Crippen LogP contribution in [0.25, 0.3) is 10.9 Å². The number of aryl methyl sites for hydroxylation is 1. The fraction of sp³-hybridized carbons (Fsp3) is 0.471. The topological polar surface area (TPSA) is 56.3 Å². The number of carboxylic acids is 1. The van der Waals surface area contributed by atoms with Gasteiger partial charge in [0.05, 0.1) is 5.92 Å². The molecule has 1 aromatic heterocycles. The second-order valence-corrected chi connectivity index (χ2v) is 5.76. The first kappa shape index (κ1) is 14.0. The molecule has 2 N–H and O–H groups in total. The summed E-state index contributed by atoms with van der Waals surface area (Å²) in [6, 6.07) is 6.48. The molecule has 4 nitrogen and oxygen atoms in total. The molecule has 0 spiro atoms. The van der Waals surface area contributed by atoms with Gasteiger partial charge in [-0.2, -0.15) is 0 Å². The third kappa shape index (κ3) is 2.39. The number of benzene rings is 1. The number of carboxylic acid groups (broad SMARTS) is 1. The highest BCUT2D eigenvalue weighted by atomic mass is 16.4. The van der Waals surface area contributed by atoms with Crippen molar-refractivity contribution in [3.8, 4) is 0 Å². The Labute approximate surface area is 124 Å². The van der Waals surface area contributed by atoms with Crippen molar-refractivity contribution in [2.45, 2.75) is 33.1 Å². The van der Waals surface area contributed by atoms with Crippen molar-refractivity contribution in [2.24, 2.45) is 5.92 Å². The van der Waals surface area contributed by atoms with Crippen LogP contribution in [-0.4, -0.2) is 29.1 Å². The van der Waals surface area contributed by atoms with Crippen LogP contribution >= 0.6 is 0 Å². The Bertz CT molecular complexity index is 671. The van der Waals surface area contributed by atoms with Gasteiger partial charge in [0.2, 0.25) is 0 Å². The summed E-state index contributed by atoms with van der Waals surface area (Å²) in [5.41, 5.74) is 4.77. The van der Waals surface area contributed by atoms with E-state index in [2.05, 4.69) is 41.9 Å². The van der Waals surface area contributed by atoms with E-state index >= 15 is 0 Å². The molecule has 1 atom stereocenters. The number of rotatable bonds is 4. The predicted octanol–water partition coefficient (Wildman–Crippen LogP) is 3.20. The minimum absolute atomic E-state index is 0.242. The second-order valence-electron chi connectivity index (χ2n) is 5.76.